The lowest BCUT2D eigenvalue weighted by molar-refractivity contribution is 0.0601. The van der Waals surface area contributed by atoms with Gasteiger partial charge in [0.05, 0.1) is 18.4 Å². The minimum atomic E-state index is -0.329. The molecule has 1 aliphatic rings. The Hall–Kier alpha value is -1.22. The number of carbonyl (C=O) groups excluding carboxylic acids is 1. The van der Waals surface area contributed by atoms with Crippen LogP contribution in [-0.2, 0) is 4.74 Å². The van der Waals surface area contributed by atoms with E-state index in [0.717, 1.165) is 18.8 Å². The normalized spacial score (nSPS) is 15.2. The summed E-state index contributed by atoms with van der Waals surface area (Å²) >= 11 is 5.90. The highest BCUT2D eigenvalue weighted by molar-refractivity contribution is 6.31. The Labute approximate surface area is 100.0 Å². The smallest absolute Gasteiger partial charge is 0.340 e. The Morgan fingerprint density at radius 2 is 2.06 bits per heavy atom. The number of hydrogen-bond donors (Lipinski definition) is 0. The van der Waals surface area contributed by atoms with E-state index in [-0.39, 0.29) is 5.97 Å². The molecular formula is C12H14ClNO2. The Kier molecular flexibility index (Phi) is 3.34. The number of anilines is 1. The van der Waals surface area contributed by atoms with Crippen molar-refractivity contribution >= 4 is 23.3 Å². The summed E-state index contributed by atoms with van der Waals surface area (Å²) in [5.41, 5.74) is 1.48. The number of rotatable bonds is 2. The van der Waals surface area contributed by atoms with E-state index >= 15 is 0 Å². The van der Waals surface area contributed by atoms with Crippen LogP contribution in [-0.4, -0.2) is 26.2 Å². The second-order valence-electron chi connectivity index (χ2n) is 3.85. The molecule has 16 heavy (non-hydrogen) atoms. The van der Waals surface area contributed by atoms with Gasteiger partial charge in [0.2, 0.25) is 0 Å². The molecule has 0 aromatic heterocycles. The highest BCUT2D eigenvalue weighted by Crippen LogP contribution is 2.27. The van der Waals surface area contributed by atoms with Crippen molar-refractivity contribution < 1.29 is 9.53 Å². The van der Waals surface area contributed by atoms with E-state index in [1.165, 1.54) is 20.0 Å². The standard InChI is InChI=1S/C12H14ClNO2/c1-16-12(15)10-8-9(13)4-5-11(10)14-6-2-3-7-14/h4-5,8H,2-3,6-7H2,1H3. The average Bonchev–Trinajstić information content (AvgIpc) is 2.81. The molecule has 1 heterocycles. The van der Waals surface area contributed by atoms with Crippen molar-refractivity contribution in [2.45, 2.75) is 12.8 Å². The zero-order valence-corrected chi connectivity index (χ0v) is 9.96. The predicted molar refractivity (Wildman–Crippen MR) is 64.2 cm³/mol. The topological polar surface area (TPSA) is 29.5 Å². The minimum Gasteiger partial charge on any atom is -0.465 e. The Bertz CT molecular complexity index is 400. The monoisotopic (exact) mass is 239 g/mol. The first-order valence-corrected chi connectivity index (χ1v) is 5.73. The van der Waals surface area contributed by atoms with Gasteiger partial charge in [-0.05, 0) is 31.0 Å². The van der Waals surface area contributed by atoms with Gasteiger partial charge in [0.25, 0.3) is 0 Å². The van der Waals surface area contributed by atoms with Crippen LogP contribution in [0.1, 0.15) is 23.2 Å². The molecule has 2 rings (SSSR count). The molecule has 0 radical (unpaired) electrons. The van der Waals surface area contributed by atoms with Gasteiger partial charge in [-0.15, -0.1) is 0 Å². The zero-order chi connectivity index (χ0) is 11.5. The Morgan fingerprint density at radius 1 is 1.38 bits per heavy atom. The third-order valence-corrected chi connectivity index (χ3v) is 3.05. The van der Waals surface area contributed by atoms with Crippen LogP contribution >= 0.6 is 11.6 Å². The number of hydrogen-bond acceptors (Lipinski definition) is 3. The maximum atomic E-state index is 11.6. The van der Waals surface area contributed by atoms with Crippen LogP contribution < -0.4 is 4.90 Å². The van der Waals surface area contributed by atoms with Crippen LogP contribution in [0.2, 0.25) is 5.02 Å². The van der Waals surface area contributed by atoms with Gasteiger partial charge in [-0.1, -0.05) is 11.6 Å². The summed E-state index contributed by atoms with van der Waals surface area (Å²) in [5, 5.41) is 0.559. The lowest BCUT2D eigenvalue weighted by Crippen LogP contribution is -2.21. The fourth-order valence-corrected chi connectivity index (χ4v) is 2.19. The number of ether oxygens (including phenoxy) is 1. The molecule has 86 valence electrons. The van der Waals surface area contributed by atoms with E-state index in [9.17, 15) is 4.79 Å². The maximum absolute atomic E-state index is 11.6. The van der Waals surface area contributed by atoms with Gasteiger partial charge >= 0.3 is 5.97 Å². The Balaban J connectivity index is 2.38. The molecule has 4 heteroatoms. The molecule has 0 aliphatic carbocycles. The quantitative estimate of drug-likeness (QED) is 0.744. The molecule has 0 bridgehead atoms. The van der Waals surface area contributed by atoms with Gasteiger partial charge in [0, 0.05) is 18.1 Å². The first kappa shape index (κ1) is 11.3. The average molecular weight is 240 g/mol. The summed E-state index contributed by atoms with van der Waals surface area (Å²) in [6.07, 6.45) is 2.34. The predicted octanol–water partition coefficient (Wildman–Crippen LogP) is 2.73. The lowest BCUT2D eigenvalue weighted by atomic mass is 10.1. The van der Waals surface area contributed by atoms with E-state index in [4.69, 9.17) is 16.3 Å². The fraction of sp³-hybridized carbons (Fsp3) is 0.417. The van der Waals surface area contributed by atoms with Gasteiger partial charge < -0.3 is 9.64 Å². The van der Waals surface area contributed by atoms with Crippen LogP contribution in [0.3, 0.4) is 0 Å². The SMILES string of the molecule is COC(=O)c1cc(Cl)ccc1N1CCCC1. The number of esters is 1. The van der Waals surface area contributed by atoms with E-state index in [1.54, 1.807) is 6.07 Å². The highest BCUT2D eigenvalue weighted by Gasteiger charge is 2.20. The third-order valence-electron chi connectivity index (χ3n) is 2.81. The van der Waals surface area contributed by atoms with Crippen molar-refractivity contribution in [3.05, 3.63) is 28.8 Å². The molecule has 0 saturated carbocycles. The summed E-state index contributed by atoms with van der Waals surface area (Å²) in [4.78, 5) is 13.8. The zero-order valence-electron chi connectivity index (χ0n) is 9.20. The molecule has 1 fully saturated rings. The van der Waals surface area contributed by atoms with Crippen LogP contribution in [0.25, 0.3) is 0 Å². The van der Waals surface area contributed by atoms with E-state index in [0.29, 0.717) is 10.6 Å². The molecular weight excluding hydrogens is 226 g/mol. The minimum absolute atomic E-state index is 0.329. The van der Waals surface area contributed by atoms with Gasteiger partial charge in [0.1, 0.15) is 0 Å². The van der Waals surface area contributed by atoms with Crippen LogP contribution in [0.4, 0.5) is 5.69 Å². The molecule has 0 amide bonds. The van der Waals surface area contributed by atoms with E-state index in [1.807, 2.05) is 12.1 Å². The molecule has 1 aromatic rings. The lowest BCUT2D eigenvalue weighted by Gasteiger charge is -2.20. The van der Waals surface area contributed by atoms with Crippen molar-refractivity contribution in [2.24, 2.45) is 0 Å². The molecule has 1 aromatic carbocycles. The Morgan fingerprint density at radius 3 is 2.69 bits per heavy atom. The number of nitrogens with zero attached hydrogens (tertiary/aromatic N) is 1. The van der Waals surface area contributed by atoms with Gasteiger partial charge in [-0.2, -0.15) is 0 Å². The fourth-order valence-electron chi connectivity index (χ4n) is 2.02. The van der Waals surface area contributed by atoms with Crippen molar-refractivity contribution in [3.63, 3.8) is 0 Å². The molecule has 1 saturated heterocycles. The van der Waals surface area contributed by atoms with E-state index in [2.05, 4.69) is 4.90 Å². The second kappa shape index (κ2) is 4.74. The molecule has 0 unspecified atom stereocenters. The number of methoxy groups -OCH3 is 1. The van der Waals surface area contributed by atoms with Gasteiger partial charge in [-0.25, -0.2) is 4.79 Å². The highest BCUT2D eigenvalue weighted by atomic mass is 35.5. The summed E-state index contributed by atoms with van der Waals surface area (Å²) in [7, 11) is 1.39. The van der Waals surface area contributed by atoms with Crippen LogP contribution in [0.15, 0.2) is 18.2 Å². The van der Waals surface area contributed by atoms with E-state index < -0.39 is 0 Å². The maximum Gasteiger partial charge on any atom is 0.340 e. The first-order chi connectivity index (χ1) is 7.72. The summed E-state index contributed by atoms with van der Waals surface area (Å²) in [6, 6.07) is 5.36. The summed E-state index contributed by atoms with van der Waals surface area (Å²) < 4.78 is 4.77. The van der Waals surface area contributed by atoms with Crippen molar-refractivity contribution in [1.82, 2.24) is 0 Å². The molecule has 0 spiro atoms. The third kappa shape index (κ3) is 2.14. The van der Waals surface area contributed by atoms with Crippen molar-refractivity contribution in [3.8, 4) is 0 Å². The number of halogens is 1. The summed E-state index contributed by atoms with van der Waals surface area (Å²) in [6.45, 7) is 1.98. The van der Waals surface area contributed by atoms with Gasteiger partial charge in [0.15, 0.2) is 0 Å². The molecule has 3 nitrogen and oxygen atoms in total. The molecule has 0 atom stereocenters. The van der Waals surface area contributed by atoms with Crippen molar-refractivity contribution in [1.29, 1.82) is 0 Å². The van der Waals surface area contributed by atoms with Crippen LogP contribution in [0, 0.1) is 0 Å². The largest absolute Gasteiger partial charge is 0.465 e. The molecule has 0 N–H and O–H groups in total. The molecule has 1 aliphatic heterocycles. The van der Waals surface area contributed by atoms with Crippen molar-refractivity contribution in [2.75, 3.05) is 25.1 Å². The summed E-state index contributed by atoms with van der Waals surface area (Å²) in [5.74, 6) is -0.329. The number of carbonyl (C=O) groups is 1. The first-order valence-electron chi connectivity index (χ1n) is 5.35. The second-order valence-corrected chi connectivity index (χ2v) is 4.28. The number of benzene rings is 1. The van der Waals surface area contributed by atoms with Crippen LogP contribution in [0.5, 0.6) is 0 Å². The van der Waals surface area contributed by atoms with Gasteiger partial charge in [-0.3, -0.25) is 0 Å².